The number of carbonyl (C=O) groups excluding carboxylic acids is 1. The Morgan fingerprint density at radius 1 is 1.00 bits per heavy atom. The lowest BCUT2D eigenvalue weighted by atomic mass is 10.0. The Bertz CT molecular complexity index is 1130. The third-order valence-corrected chi connectivity index (χ3v) is 4.57. The highest BCUT2D eigenvalue weighted by Gasteiger charge is 2.14. The summed E-state index contributed by atoms with van der Waals surface area (Å²) >= 11 is 0. The zero-order valence-corrected chi connectivity index (χ0v) is 15.4. The number of pyridine rings is 2. The zero-order valence-electron chi connectivity index (χ0n) is 15.4. The van der Waals surface area contributed by atoms with Gasteiger partial charge in [0.25, 0.3) is 5.91 Å². The van der Waals surface area contributed by atoms with Crippen LogP contribution < -0.4 is 10.1 Å². The molecule has 0 spiro atoms. The maximum absolute atomic E-state index is 13.0. The number of rotatable bonds is 5. The van der Waals surface area contributed by atoms with Gasteiger partial charge >= 0.3 is 0 Å². The van der Waals surface area contributed by atoms with E-state index in [1.165, 1.54) is 0 Å². The average Bonchev–Trinajstić information content (AvgIpc) is 2.77. The van der Waals surface area contributed by atoms with Crippen molar-refractivity contribution in [3.63, 3.8) is 0 Å². The van der Waals surface area contributed by atoms with Crippen molar-refractivity contribution < 1.29 is 9.53 Å². The van der Waals surface area contributed by atoms with Crippen LogP contribution in [0.5, 0.6) is 5.75 Å². The van der Waals surface area contributed by atoms with Crippen molar-refractivity contribution in [1.29, 1.82) is 0 Å². The van der Waals surface area contributed by atoms with E-state index in [1.807, 2.05) is 66.7 Å². The fourth-order valence-electron chi connectivity index (χ4n) is 3.15. The molecule has 138 valence electrons. The van der Waals surface area contributed by atoms with Crippen molar-refractivity contribution >= 4 is 16.8 Å². The van der Waals surface area contributed by atoms with Crippen molar-refractivity contribution in [3.8, 4) is 17.0 Å². The number of hydrogen-bond acceptors (Lipinski definition) is 4. The monoisotopic (exact) mass is 369 g/mol. The van der Waals surface area contributed by atoms with Crippen LogP contribution in [0.1, 0.15) is 15.9 Å². The van der Waals surface area contributed by atoms with Crippen LogP contribution in [-0.2, 0) is 6.54 Å². The number of amides is 1. The van der Waals surface area contributed by atoms with Gasteiger partial charge in [-0.1, -0.05) is 36.4 Å². The van der Waals surface area contributed by atoms with Crippen molar-refractivity contribution in [2.75, 3.05) is 7.11 Å². The Kier molecular flexibility index (Phi) is 4.97. The molecule has 0 aliphatic rings. The van der Waals surface area contributed by atoms with Gasteiger partial charge in [0.05, 0.1) is 23.9 Å². The van der Waals surface area contributed by atoms with Crippen molar-refractivity contribution in [2.24, 2.45) is 0 Å². The number of nitrogens with one attached hydrogen (secondary N) is 1. The van der Waals surface area contributed by atoms with Gasteiger partial charge in [0.2, 0.25) is 0 Å². The molecule has 2 heterocycles. The maximum Gasteiger partial charge on any atom is 0.252 e. The largest absolute Gasteiger partial charge is 0.496 e. The molecule has 5 nitrogen and oxygen atoms in total. The predicted molar refractivity (Wildman–Crippen MR) is 109 cm³/mol. The molecule has 0 atom stereocenters. The van der Waals surface area contributed by atoms with Crippen LogP contribution in [0.3, 0.4) is 0 Å². The van der Waals surface area contributed by atoms with Crippen molar-refractivity contribution in [1.82, 2.24) is 15.3 Å². The number of aromatic nitrogens is 2. The molecule has 0 fully saturated rings. The number of para-hydroxylation sites is 2. The molecule has 2 aromatic carbocycles. The van der Waals surface area contributed by atoms with Gasteiger partial charge in [0.1, 0.15) is 5.75 Å². The van der Waals surface area contributed by atoms with Gasteiger partial charge in [-0.05, 0) is 30.3 Å². The number of methoxy groups -OCH3 is 1. The van der Waals surface area contributed by atoms with Crippen LogP contribution in [0.4, 0.5) is 0 Å². The third kappa shape index (κ3) is 3.55. The molecule has 1 N–H and O–H groups in total. The molecule has 2 aromatic heterocycles. The number of ether oxygens (including phenoxy) is 1. The highest BCUT2D eigenvalue weighted by molar-refractivity contribution is 6.07. The summed E-state index contributed by atoms with van der Waals surface area (Å²) in [5.74, 6) is 0.597. The Morgan fingerprint density at radius 2 is 1.75 bits per heavy atom. The van der Waals surface area contributed by atoms with E-state index in [9.17, 15) is 4.79 Å². The molecule has 0 unspecified atom stereocenters. The van der Waals surface area contributed by atoms with E-state index in [2.05, 4.69) is 10.3 Å². The first-order valence-corrected chi connectivity index (χ1v) is 8.96. The van der Waals surface area contributed by atoms with E-state index < -0.39 is 0 Å². The van der Waals surface area contributed by atoms with E-state index in [-0.39, 0.29) is 5.91 Å². The summed E-state index contributed by atoms with van der Waals surface area (Å²) in [6.07, 6.45) is 3.43. The second-order valence-electron chi connectivity index (χ2n) is 6.30. The van der Waals surface area contributed by atoms with E-state index in [1.54, 1.807) is 19.5 Å². The summed E-state index contributed by atoms with van der Waals surface area (Å²) in [6.45, 7) is 0.379. The SMILES string of the molecule is COc1ccccc1CNC(=O)c1cc(-c2ccncc2)nc2ccccc12. The van der Waals surface area contributed by atoms with Crippen molar-refractivity contribution in [3.05, 3.63) is 90.3 Å². The molecule has 0 bridgehead atoms. The van der Waals surface area contributed by atoms with E-state index in [0.717, 1.165) is 33.5 Å². The molecule has 4 aromatic rings. The van der Waals surface area contributed by atoms with Crippen LogP contribution in [0.25, 0.3) is 22.2 Å². The van der Waals surface area contributed by atoms with Gasteiger partial charge < -0.3 is 10.1 Å². The average molecular weight is 369 g/mol. The first-order chi connectivity index (χ1) is 13.8. The standard InChI is InChI=1S/C23H19N3O2/c1-28-22-9-5-2-6-17(22)15-25-23(27)19-14-21(16-10-12-24-13-11-16)26-20-8-4-3-7-18(19)20/h2-14H,15H2,1H3,(H,25,27). The first kappa shape index (κ1) is 17.7. The summed E-state index contributed by atoms with van der Waals surface area (Å²) in [5, 5.41) is 3.82. The maximum atomic E-state index is 13.0. The zero-order chi connectivity index (χ0) is 19.3. The quantitative estimate of drug-likeness (QED) is 0.572. The van der Waals surface area contributed by atoms with Crippen LogP contribution in [0, 0.1) is 0 Å². The number of carbonyl (C=O) groups is 1. The van der Waals surface area contributed by atoms with Crippen LogP contribution in [0.15, 0.2) is 79.1 Å². The van der Waals surface area contributed by atoms with Crippen molar-refractivity contribution in [2.45, 2.75) is 6.54 Å². The summed E-state index contributed by atoms with van der Waals surface area (Å²) in [7, 11) is 1.62. The molecule has 28 heavy (non-hydrogen) atoms. The lowest BCUT2D eigenvalue weighted by Gasteiger charge is -2.12. The van der Waals surface area contributed by atoms with Crippen LogP contribution in [-0.4, -0.2) is 23.0 Å². The Hall–Kier alpha value is -3.73. The Balaban J connectivity index is 1.69. The van der Waals surface area contributed by atoms with Crippen LogP contribution >= 0.6 is 0 Å². The summed E-state index contributed by atoms with van der Waals surface area (Å²) in [5.41, 5.74) is 3.95. The molecular formula is C23H19N3O2. The van der Waals surface area contributed by atoms with Crippen LogP contribution in [0.2, 0.25) is 0 Å². The lowest BCUT2D eigenvalue weighted by molar-refractivity contribution is 0.0952. The molecular weight excluding hydrogens is 350 g/mol. The fourth-order valence-corrected chi connectivity index (χ4v) is 3.15. The first-order valence-electron chi connectivity index (χ1n) is 8.96. The molecule has 0 saturated heterocycles. The topological polar surface area (TPSA) is 64.1 Å². The molecule has 4 rings (SSSR count). The molecule has 0 radical (unpaired) electrons. The Labute approximate surface area is 163 Å². The second kappa shape index (κ2) is 7.88. The minimum absolute atomic E-state index is 0.153. The van der Waals surface area contributed by atoms with Gasteiger partial charge in [-0.25, -0.2) is 4.98 Å². The summed E-state index contributed by atoms with van der Waals surface area (Å²) < 4.78 is 5.36. The second-order valence-corrected chi connectivity index (χ2v) is 6.30. The number of nitrogens with zero attached hydrogens (tertiary/aromatic N) is 2. The van der Waals surface area contributed by atoms with Gasteiger partial charge in [-0.3, -0.25) is 9.78 Å². The highest BCUT2D eigenvalue weighted by atomic mass is 16.5. The van der Waals surface area contributed by atoms with Gasteiger partial charge in [0.15, 0.2) is 0 Å². The molecule has 0 aliphatic carbocycles. The molecule has 0 aliphatic heterocycles. The lowest BCUT2D eigenvalue weighted by Crippen LogP contribution is -2.23. The number of fused-ring (bicyclic) bond motifs is 1. The summed E-state index contributed by atoms with van der Waals surface area (Å²) in [4.78, 5) is 21.8. The van der Waals surface area contributed by atoms with Gasteiger partial charge in [-0.15, -0.1) is 0 Å². The van der Waals surface area contributed by atoms with E-state index >= 15 is 0 Å². The predicted octanol–water partition coefficient (Wildman–Crippen LogP) is 4.24. The number of hydrogen-bond donors (Lipinski definition) is 1. The molecule has 1 amide bonds. The third-order valence-electron chi connectivity index (χ3n) is 4.57. The van der Waals surface area contributed by atoms with Gasteiger partial charge in [0, 0.05) is 35.5 Å². The minimum atomic E-state index is -0.153. The smallest absolute Gasteiger partial charge is 0.252 e. The fraction of sp³-hybridized carbons (Fsp3) is 0.0870. The molecule has 5 heteroatoms. The van der Waals surface area contributed by atoms with Gasteiger partial charge in [-0.2, -0.15) is 0 Å². The molecule has 0 saturated carbocycles. The minimum Gasteiger partial charge on any atom is -0.496 e. The normalized spacial score (nSPS) is 10.6. The Morgan fingerprint density at radius 3 is 2.57 bits per heavy atom. The van der Waals surface area contributed by atoms with E-state index in [4.69, 9.17) is 9.72 Å². The van der Waals surface area contributed by atoms with E-state index in [0.29, 0.717) is 12.1 Å². The highest BCUT2D eigenvalue weighted by Crippen LogP contribution is 2.25. The number of benzene rings is 2. The summed E-state index contributed by atoms with van der Waals surface area (Å²) in [6, 6.07) is 20.9.